The standard InChI is InChI=1S/C26H20N2/c27-24-15-13-21(14-16-24)20-9-11-22(12-10-20)26-8-4-7-25-17-23(18-28(25)26)19-5-2-1-3-6-19/h1-18H,27H2. The second kappa shape index (κ2) is 6.75. The minimum atomic E-state index is 0.786. The first kappa shape index (κ1) is 16.4. The Morgan fingerprint density at radius 3 is 1.82 bits per heavy atom. The summed E-state index contributed by atoms with van der Waals surface area (Å²) in [5, 5.41) is 0. The zero-order valence-corrected chi connectivity index (χ0v) is 15.4. The number of nitrogens with zero attached hydrogens (tertiary/aromatic N) is 1. The van der Waals surface area contributed by atoms with Gasteiger partial charge in [-0.25, -0.2) is 0 Å². The normalized spacial score (nSPS) is 11.0. The van der Waals surface area contributed by atoms with Crippen molar-refractivity contribution in [2.75, 3.05) is 5.73 Å². The van der Waals surface area contributed by atoms with Gasteiger partial charge in [0.2, 0.25) is 0 Å². The Balaban J connectivity index is 1.55. The lowest BCUT2D eigenvalue weighted by molar-refractivity contribution is 1.20. The summed E-state index contributed by atoms with van der Waals surface area (Å²) in [4.78, 5) is 0. The van der Waals surface area contributed by atoms with E-state index in [4.69, 9.17) is 5.73 Å². The van der Waals surface area contributed by atoms with Crippen molar-refractivity contribution in [1.29, 1.82) is 0 Å². The van der Waals surface area contributed by atoms with Gasteiger partial charge in [-0.1, -0.05) is 72.8 Å². The molecule has 2 heterocycles. The molecule has 28 heavy (non-hydrogen) atoms. The lowest BCUT2D eigenvalue weighted by atomic mass is 10.0. The highest BCUT2D eigenvalue weighted by molar-refractivity contribution is 5.75. The van der Waals surface area contributed by atoms with E-state index in [0.29, 0.717) is 0 Å². The molecule has 0 saturated heterocycles. The Labute approximate surface area is 164 Å². The summed E-state index contributed by atoms with van der Waals surface area (Å²) in [7, 11) is 0. The summed E-state index contributed by atoms with van der Waals surface area (Å²) in [5.41, 5.74) is 15.0. The third-order valence-corrected chi connectivity index (χ3v) is 5.16. The van der Waals surface area contributed by atoms with E-state index in [1.54, 1.807) is 0 Å². The van der Waals surface area contributed by atoms with E-state index in [-0.39, 0.29) is 0 Å². The quantitative estimate of drug-likeness (QED) is 0.365. The molecule has 0 bridgehead atoms. The molecule has 0 aliphatic carbocycles. The number of aromatic nitrogens is 1. The van der Waals surface area contributed by atoms with Crippen molar-refractivity contribution in [3.63, 3.8) is 0 Å². The Morgan fingerprint density at radius 2 is 1.11 bits per heavy atom. The largest absolute Gasteiger partial charge is 0.399 e. The Morgan fingerprint density at radius 1 is 0.500 bits per heavy atom. The number of anilines is 1. The van der Waals surface area contributed by atoms with E-state index in [1.165, 1.54) is 39.0 Å². The van der Waals surface area contributed by atoms with E-state index in [1.807, 2.05) is 18.2 Å². The topological polar surface area (TPSA) is 30.4 Å². The van der Waals surface area contributed by atoms with Gasteiger partial charge in [0.05, 0.1) is 5.69 Å². The van der Waals surface area contributed by atoms with E-state index in [9.17, 15) is 0 Å². The highest BCUT2D eigenvalue weighted by Gasteiger charge is 2.07. The monoisotopic (exact) mass is 360 g/mol. The molecule has 0 spiro atoms. The van der Waals surface area contributed by atoms with Crippen LogP contribution in [-0.4, -0.2) is 4.40 Å². The van der Waals surface area contributed by atoms with Crippen molar-refractivity contribution < 1.29 is 0 Å². The molecule has 0 fully saturated rings. The number of nitrogen functional groups attached to an aromatic ring is 1. The van der Waals surface area contributed by atoms with Crippen LogP contribution in [-0.2, 0) is 0 Å². The zero-order valence-electron chi connectivity index (χ0n) is 15.4. The van der Waals surface area contributed by atoms with Crippen LogP contribution in [0.4, 0.5) is 5.69 Å². The fourth-order valence-corrected chi connectivity index (χ4v) is 3.67. The van der Waals surface area contributed by atoms with Crippen LogP contribution in [0.3, 0.4) is 0 Å². The van der Waals surface area contributed by atoms with Crippen LogP contribution in [0.25, 0.3) is 39.0 Å². The maximum absolute atomic E-state index is 5.80. The molecule has 2 aromatic heterocycles. The third kappa shape index (κ3) is 2.95. The van der Waals surface area contributed by atoms with Gasteiger partial charge in [0, 0.05) is 23.0 Å². The number of hydrogen-bond acceptors (Lipinski definition) is 1. The Hall–Kier alpha value is -3.78. The van der Waals surface area contributed by atoms with Crippen LogP contribution in [0.2, 0.25) is 0 Å². The van der Waals surface area contributed by atoms with Crippen LogP contribution in [0.5, 0.6) is 0 Å². The molecule has 0 radical (unpaired) electrons. The van der Waals surface area contributed by atoms with Crippen LogP contribution in [0.1, 0.15) is 0 Å². The summed E-state index contributed by atoms with van der Waals surface area (Å²) in [6.07, 6.45) is 2.22. The Kier molecular flexibility index (Phi) is 3.95. The molecular formula is C26H20N2. The molecule has 134 valence electrons. The molecule has 3 aromatic carbocycles. The van der Waals surface area contributed by atoms with Crippen LogP contribution >= 0.6 is 0 Å². The van der Waals surface area contributed by atoms with E-state index in [0.717, 1.165) is 5.69 Å². The fourth-order valence-electron chi connectivity index (χ4n) is 3.67. The number of fused-ring (bicyclic) bond motifs is 1. The van der Waals surface area contributed by atoms with Gasteiger partial charge >= 0.3 is 0 Å². The maximum Gasteiger partial charge on any atom is 0.0528 e. The van der Waals surface area contributed by atoms with Gasteiger partial charge < -0.3 is 10.1 Å². The molecule has 0 aliphatic rings. The van der Waals surface area contributed by atoms with Crippen molar-refractivity contribution in [2.24, 2.45) is 0 Å². The van der Waals surface area contributed by atoms with E-state index in [2.05, 4.69) is 95.5 Å². The van der Waals surface area contributed by atoms with Crippen LogP contribution < -0.4 is 5.73 Å². The molecule has 0 unspecified atom stereocenters. The minimum absolute atomic E-state index is 0.786. The smallest absolute Gasteiger partial charge is 0.0528 e. The van der Waals surface area contributed by atoms with Gasteiger partial charge in [-0.2, -0.15) is 0 Å². The highest BCUT2D eigenvalue weighted by Crippen LogP contribution is 2.29. The molecule has 5 rings (SSSR count). The maximum atomic E-state index is 5.80. The number of hydrogen-bond donors (Lipinski definition) is 1. The first-order chi connectivity index (χ1) is 13.8. The van der Waals surface area contributed by atoms with E-state index >= 15 is 0 Å². The molecule has 0 atom stereocenters. The lowest BCUT2D eigenvalue weighted by Gasteiger charge is -2.08. The number of benzene rings is 3. The summed E-state index contributed by atoms with van der Waals surface area (Å²) < 4.78 is 2.26. The lowest BCUT2D eigenvalue weighted by Crippen LogP contribution is -1.90. The SMILES string of the molecule is Nc1ccc(-c2ccc(-c3cccc4cc(-c5ccccc5)cn34)cc2)cc1. The third-order valence-electron chi connectivity index (χ3n) is 5.16. The molecule has 5 aromatic rings. The number of nitrogens with two attached hydrogens (primary N) is 1. The summed E-state index contributed by atoms with van der Waals surface area (Å²) in [5.74, 6) is 0. The zero-order chi connectivity index (χ0) is 18.9. The minimum Gasteiger partial charge on any atom is -0.399 e. The molecule has 2 heteroatoms. The predicted octanol–water partition coefficient (Wildman–Crippen LogP) is 6.52. The van der Waals surface area contributed by atoms with Crippen molar-refractivity contribution in [1.82, 2.24) is 4.40 Å². The van der Waals surface area contributed by atoms with Gasteiger partial charge in [0.15, 0.2) is 0 Å². The number of rotatable bonds is 3. The highest BCUT2D eigenvalue weighted by atomic mass is 14.9. The molecule has 2 nitrogen and oxygen atoms in total. The second-order valence-corrected chi connectivity index (χ2v) is 7.00. The molecule has 0 aliphatic heterocycles. The van der Waals surface area contributed by atoms with E-state index < -0.39 is 0 Å². The first-order valence-electron chi connectivity index (χ1n) is 9.41. The molecule has 0 amide bonds. The second-order valence-electron chi connectivity index (χ2n) is 7.00. The molecule has 2 N–H and O–H groups in total. The van der Waals surface area contributed by atoms with Gasteiger partial charge in [-0.3, -0.25) is 0 Å². The Bertz CT molecular complexity index is 1230. The van der Waals surface area contributed by atoms with Gasteiger partial charge in [0.1, 0.15) is 0 Å². The van der Waals surface area contributed by atoms with Gasteiger partial charge in [0.25, 0.3) is 0 Å². The van der Waals surface area contributed by atoms with Crippen LogP contribution in [0, 0.1) is 0 Å². The summed E-state index contributed by atoms with van der Waals surface area (Å²) >= 11 is 0. The number of pyridine rings is 1. The van der Waals surface area contributed by atoms with Gasteiger partial charge in [-0.05, 0) is 52.6 Å². The van der Waals surface area contributed by atoms with Crippen LogP contribution in [0.15, 0.2) is 109 Å². The van der Waals surface area contributed by atoms with Gasteiger partial charge in [-0.15, -0.1) is 0 Å². The predicted molar refractivity (Wildman–Crippen MR) is 118 cm³/mol. The summed E-state index contributed by atoms with van der Waals surface area (Å²) in [6, 6.07) is 35.9. The van der Waals surface area contributed by atoms with Crippen molar-refractivity contribution in [3.8, 4) is 33.5 Å². The van der Waals surface area contributed by atoms with Crippen molar-refractivity contribution >= 4 is 11.2 Å². The van der Waals surface area contributed by atoms with Crippen molar-refractivity contribution in [2.45, 2.75) is 0 Å². The fraction of sp³-hybridized carbons (Fsp3) is 0. The van der Waals surface area contributed by atoms with Crippen molar-refractivity contribution in [3.05, 3.63) is 109 Å². The first-order valence-corrected chi connectivity index (χ1v) is 9.41. The average molecular weight is 360 g/mol. The average Bonchev–Trinajstić information content (AvgIpc) is 3.20. The molecule has 0 saturated carbocycles. The molecular weight excluding hydrogens is 340 g/mol. The summed E-state index contributed by atoms with van der Waals surface area (Å²) in [6.45, 7) is 0.